The Bertz CT molecular complexity index is 546. The van der Waals surface area contributed by atoms with Crippen LogP contribution in [-0.4, -0.2) is 16.9 Å². The quantitative estimate of drug-likeness (QED) is 0.743. The molecule has 15 heavy (non-hydrogen) atoms. The van der Waals surface area contributed by atoms with Crippen molar-refractivity contribution in [2.24, 2.45) is 0 Å². The minimum atomic E-state index is -0.155. The van der Waals surface area contributed by atoms with E-state index in [1.165, 1.54) is 7.11 Å². The molecule has 0 atom stereocenters. The largest absolute Gasteiger partial charge is 0.477 e. The lowest BCUT2D eigenvalue weighted by Crippen LogP contribution is -2.15. The number of rotatable bonds is 2. The minimum Gasteiger partial charge on any atom is -0.477 e. The van der Waals surface area contributed by atoms with Crippen LogP contribution in [-0.2, 0) is 6.54 Å². The lowest BCUT2D eigenvalue weighted by atomic mass is 10.2. The van der Waals surface area contributed by atoms with Gasteiger partial charge in [0.2, 0.25) is 0 Å². The lowest BCUT2D eigenvalue weighted by molar-refractivity contribution is 0.379. The van der Waals surface area contributed by atoms with Crippen molar-refractivity contribution in [1.82, 2.24) is 9.78 Å². The zero-order valence-corrected chi connectivity index (χ0v) is 8.73. The molecule has 78 valence electrons. The van der Waals surface area contributed by atoms with E-state index in [-0.39, 0.29) is 11.3 Å². The van der Waals surface area contributed by atoms with E-state index in [1.807, 2.05) is 25.1 Å². The van der Waals surface area contributed by atoms with E-state index in [1.54, 1.807) is 10.7 Å². The highest BCUT2D eigenvalue weighted by Gasteiger charge is 2.08. The second kappa shape index (κ2) is 3.73. The SMILES string of the molecule is CCn1nc(OC)c(=O)c2ccccc21. The third-order valence-electron chi connectivity index (χ3n) is 2.33. The van der Waals surface area contributed by atoms with E-state index in [0.29, 0.717) is 11.9 Å². The van der Waals surface area contributed by atoms with Crippen molar-refractivity contribution in [3.63, 3.8) is 0 Å². The molecule has 0 fully saturated rings. The minimum absolute atomic E-state index is 0.149. The summed E-state index contributed by atoms with van der Waals surface area (Å²) < 4.78 is 6.71. The highest BCUT2D eigenvalue weighted by Crippen LogP contribution is 2.11. The number of benzene rings is 1. The molecular formula is C11H12N2O2. The Balaban J connectivity index is 2.90. The van der Waals surface area contributed by atoms with Crippen LogP contribution in [0.5, 0.6) is 5.88 Å². The molecule has 1 aromatic carbocycles. The number of fused-ring (bicyclic) bond motifs is 1. The smallest absolute Gasteiger partial charge is 0.280 e. The average molecular weight is 204 g/mol. The molecule has 0 bridgehead atoms. The van der Waals surface area contributed by atoms with Gasteiger partial charge in [-0.1, -0.05) is 12.1 Å². The summed E-state index contributed by atoms with van der Waals surface area (Å²) in [5, 5.41) is 4.76. The van der Waals surface area contributed by atoms with Gasteiger partial charge in [-0.05, 0) is 19.1 Å². The molecule has 2 rings (SSSR count). The van der Waals surface area contributed by atoms with Crippen molar-refractivity contribution in [2.45, 2.75) is 13.5 Å². The van der Waals surface area contributed by atoms with Gasteiger partial charge in [-0.2, -0.15) is 0 Å². The lowest BCUT2D eigenvalue weighted by Gasteiger charge is -2.08. The summed E-state index contributed by atoms with van der Waals surface area (Å²) in [4.78, 5) is 11.8. The third-order valence-corrected chi connectivity index (χ3v) is 2.33. The number of ether oxygens (including phenoxy) is 1. The number of aryl methyl sites for hydroxylation is 1. The molecule has 1 aromatic heterocycles. The molecule has 2 aromatic rings. The first-order valence-electron chi connectivity index (χ1n) is 4.81. The van der Waals surface area contributed by atoms with Gasteiger partial charge in [-0.15, -0.1) is 5.10 Å². The Morgan fingerprint density at radius 1 is 1.40 bits per heavy atom. The van der Waals surface area contributed by atoms with Gasteiger partial charge in [0.15, 0.2) is 0 Å². The highest BCUT2D eigenvalue weighted by molar-refractivity contribution is 5.79. The molecule has 0 unspecified atom stereocenters. The van der Waals surface area contributed by atoms with Crippen LogP contribution in [0.15, 0.2) is 29.1 Å². The number of hydrogen-bond donors (Lipinski definition) is 0. The number of para-hydroxylation sites is 1. The summed E-state index contributed by atoms with van der Waals surface area (Å²) in [7, 11) is 1.46. The van der Waals surface area contributed by atoms with Crippen LogP contribution >= 0.6 is 0 Å². The van der Waals surface area contributed by atoms with Crippen LogP contribution in [0.2, 0.25) is 0 Å². The number of nitrogens with zero attached hydrogens (tertiary/aromatic N) is 2. The van der Waals surface area contributed by atoms with Crippen molar-refractivity contribution in [3.8, 4) is 5.88 Å². The second-order valence-electron chi connectivity index (χ2n) is 3.17. The first-order chi connectivity index (χ1) is 7.27. The Labute approximate surface area is 87.1 Å². The monoisotopic (exact) mass is 204 g/mol. The molecule has 0 spiro atoms. The summed E-state index contributed by atoms with van der Waals surface area (Å²) in [5.41, 5.74) is 0.684. The topological polar surface area (TPSA) is 44.1 Å². The Kier molecular flexibility index (Phi) is 2.41. The van der Waals surface area contributed by atoms with Gasteiger partial charge in [0, 0.05) is 6.54 Å². The van der Waals surface area contributed by atoms with Crippen LogP contribution < -0.4 is 10.2 Å². The number of aromatic nitrogens is 2. The summed E-state index contributed by atoms with van der Waals surface area (Å²) >= 11 is 0. The second-order valence-corrected chi connectivity index (χ2v) is 3.17. The van der Waals surface area contributed by atoms with Gasteiger partial charge in [0.05, 0.1) is 18.0 Å². The molecular weight excluding hydrogens is 192 g/mol. The molecule has 0 aliphatic rings. The molecule has 0 saturated carbocycles. The molecule has 4 heteroatoms. The van der Waals surface area contributed by atoms with E-state index in [4.69, 9.17) is 4.74 Å². The van der Waals surface area contributed by atoms with E-state index >= 15 is 0 Å². The standard InChI is InChI=1S/C11H12N2O2/c1-3-13-9-7-5-4-6-8(9)10(14)11(12-13)15-2/h4-7H,3H2,1-2H3. The maximum atomic E-state index is 11.8. The number of hydrogen-bond acceptors (Lipinski definition) is 3. The summed E-state index contributed by atoms with van der Waals surface area (Å²) in [6.45, 7) is 2.68. The van der Waals surface area contributed by atoms with Gasteiger partial charge in [0.1, 0.15) is 0 Å². The van der Waals surface area contributed by atoms with Crippen LogP contribution in [0.1, 0.15) is 6.92 Å². The van der Waals surface area contributed by atoms with Crippen molar-refractivity contribution < 1.29 is 4.74 Å². The first-order valence-corrected chi connectivity index (χ1v) is 4.81. The van der Waals surface area contributed by atoms with E-state index < -0.39 is 0 Å². The van der Waals surface area contributed by atoms with Crippen molar-refractivity contribution in [1.29, 1.82) is 0 Å². The Morgan fingerprint density at radius 3 is 2.80 bits per heavy atom. The Hall–Kier alpha value is -1.84. The van der Waals surface area contributed by atoms with Gasteiger partial charge in [-0.25, -0.2) is 0 Å². The number of methoxy groups -OCH3 is 1. The highest BCUT2D eigenvalue weighted by atomic mass is 16.5. The summed E-state index contributed by atoms with van der Waals surface area (Å²) in [6.07, 6.45) is 0. The molecule has 0 amide bonds. The molecule has 0 aliphatic carbocycles. The van der Waals surface area contributed by atoms with Crippen LogP contribution in [0.4, 0.5) is 0 Å². The molecule has 1 heterocycles. The summed E-state index contributed by atoms with van der Waals surface area (Å²) in [5.74, 6) is 0.149. The predicted molar refractivity (Wildman–Crippen MR) is 58.2 cm³/mol. The molecule has 0 saturated heterocycles. The molecule has 0 N–H and O–H groups in total. The fraction of sp³-hybridized carbons (Fsp3) is 0.273. The van der Waals surface area contributed by atoms with Gasteiger partial charge in [0.25, 0.3) is 11.3 Å². The molecule has 4 nitrogen and oxygen atoms in total. The fourth-order valence-corrected chi connectivity index (χ4v) is 1.59. The first kappa shape index (κ1) is 9.71. The van der Waals surface area contributed by atoms with Gasteiger partial charge < -0.3 is 4.74 Å². The van der Waals surface area contributed by atoms with Gasteiger partial charge in [-0.3, -0.25) is 9.48 Å². The van der Waals surface area contributed by atoms with Crippen LogP contribution in [0.3, 0.4) is 0 Å². The van der Waals surface area contributed by atoms with E-state index in [2.05, 4.69) is 5.10 Å². The zero-order chi connectivity index (χ0) is 10.8. The normalized spacial score (nSPS) is 10.5. The Morgan fingerprint density at radius 2 is 2.13 bits per heavy atom. The van der Waals surface area contributed by atoms with Crippen molar-refractivity contribution in [2.75, 3.05) is 7.11 Å². The maximum absolute atomic E-state index is 11.8. The summed E-state index contributed by atoms with van der Waals surface area (Å²) in [6, 6.07) is 7.39. The van der Waals surface area contributed by atoms with Crippen LogP contribution in [0.25, 0.3) is 10.9 Å². The predicted octanol–water partition coefficient (Wildman–Crippen LogP) is 1.43. The maximum Gasteiger partial charge on any atom is 0.280 e. The van der Waals surface area contributed by atoms with E-state index in [0.717, 1.165) is 5.52 Å². The fourth-order valence-electron chi connectivity index (χ4n) is 1.59. The zero-order valence-electron chi connectivity index (χ0n) is 8.73. The van der Waals surface area contributed by atoms with Crippen molar-refractivity contribution >= 4 is 10.9 Å². The van der Waals surface area contributed by atoms with Gasteiger partial charge >= 0.3 is 0 Å². The average Bonchev–Trinajstić information content (AvgIpc) is 2.30. The van der Waals surface area contributed by atoms with Crippen molar-refractivity contribution in [3.05, 3.63) is 34.5 Å². The third kappa shape index (κ3) is 1.48. The van der Waals surface area contributed by atoms with Crippen LogP contribution in [0, 0.1) is 0 Å². The molecule has 0 aliphatic heterocycles. The molecule has 0 radical (unpaired) electrons. The van der Waals surface area contributed by atoms with E-state index in [9.17, 15) is 4.79 Å².